The molecule has 0 fully saturated rings. The number of ether oxygens (including phenoxy) is 2. The number of rotatable bonds is 10. The lowest BCUT2D eigenvalue weighted by atomic mass is 10.1. The second-order valence-corrected chi connectivity index (χ2v) is 10.8. The van der Waals surface area contributed by atoms with E-state index in [4.69, 9.17) is 9.47 Å². The summed E-state index contributed by atoms with van der Waals surface area (Å²) in [6, 6.07) is 28.6. The maximum atomic E-state index is 12.8. The normalized spacial score (nSPS) is 10.9. The molecule has 4 rings (SSSR count). The van der Waals surface area contributed by atoms with E-state index in [1.807, 2.05) is 36.4 Å². The number of amides is 1. The van der Waals surface area contributed by atoms with Crippen molar-refractivity contribution in [2.45, 2.75) is 13.2 Å². The van der Waals surface area contributed by atoms with Crippen LogP contribution in [0, 0.1) is 28.6 Å². The molecular weight excluding hydrogens is 736 g/mol. The fourth-order valence-corrected chi connectivity index (χ4v) is 5.73. The number of hydrogen-bond donors (Lipinski definition) is 1. The fraction of sp³-hybridized carbons (Fsp3) is 0.0667. The number of nitrogens with one attached hydrogen (secondary N) is 1. The molecule has 0 aliphatic rings. The number of benzene rings is 4. The van der Waals surface area contributed by atoms with E-state index in [2.05, 4.69) is 50.5 Å². The Morgan fingerprint density at radius 1 is 0.900 bits per heavy atom. The molecule has 10 heteroatoms. The van der Waals surface area contributed by atoms with E-state index >= 15 is 0 Å². The van der Waals surface area contributed by atoms with Gasteiger partial charge >= 0.3 is 0 Å². The highest BCUT2D eigenvalue weighted by Gasteiger charge is 2.14. The van der Waals surface area contributed by atoms with Crippen LogP contribution < -0.4 is 14.8 Å². The molecule has 0 saturated carbocycles. The first-order chi connectivity index (χ1) is 19.3. The number of nitro benzene ring substituents is 1. The van der Waals surface area contributed by atoms with Crippen molar-refractivity contribution in [2.75, 3.05) is 5.32 Å². The minimum Gasteiger partial charge on any atom is -0.489 e. The third-order valence-electron chi connectivity index (χ3n) is 5.56. The van der Waals surface area contributed by atoms with E-state index in [9.17, 15) is 20.2 Å². The minimum atomic E-state index is -0.531. The summed E-state index contributed by atoms with van der Waals surface area (Å²) < 4.78 is 13.3. The Labute approximate surface area is 258 Å². The predicted octanol–water partition coefficient (Wildman–Crippen LogP) is 7.51. The van der Waals surface area contributed by atoms with Gasteiger partial charge in [0, 0.05) is 17.8 Å². The van der Waals surface area contributed by atoms with Gasteiger partial charge in [-0.3, -0.25) is 14.9 Å². The van der Waals surface area contributed by atoms with Crippen LogP contribution in [-0.4, -0.2) is 10.8 Å². The molecule has 0 unspecified atom stereocenters. The molecule has 0 aliphatic heterocycles. The number of hydrogen-bond acceptors (Lipinski definition) is 6. The first-order valence-electron chi connectivity index (χ1n) is 11.9. The summed E-state index contributed by atoms with van der Waals surface area (Å²) in [6.07, 6.45) is 1.52. The van der Waals surface area contributed by atoms with Crippen molar-refractivity contribution in [1.82, 2.24) is 0 Å². The second-order valence-electron chi connectivity index (χ2n) is 8.45. The third-order valence-corrected chi connectivity index (χ3v) is 7.16. The minimum absolute atomic E-state index is 0.000577. The molecule has 0 spiro atoms. The van der Waals surface area contributed by atoms with Gasteiger partial charge < -0.3 is 14.8 Å². The van der Waals surface area contributed by atoms with Gasteiger partial charge in [0.1, 0.15) is 36.4 Å². The predicted molar refractivity (Wildman–Crippen MR) is 169 cm³/mol. The molecule has 8 nitrogen and oxygen atoms in total. The highest BCUT2D eigenvalue weighted by atomic mass is 127. The van der Waals surface area contributed by atoms with E-state index < -0.39 is 10.8 Å². The summed E-state index contributed by atoms with van der Waals surface area (Å²) in [4.78, 5) is 23.4. The molecule has 0 saturated heterocycles. The van der Waals surface area contributed by atoms with Crippen molar-refractivity contribution in [3.05, 3.63) is 131 Å². The first kappa shape index (κ1) is 29.0. The van der Waals surface area contributed by atoms with Gasteiger partial charge in [0.15, 0.2) is 0 Å². The van der Waals surface area contributed by atoms with Gasteiger partial charge in [0.25, 0.3) is 11.6 Å². The standard InChI is InChI=1S/C30H21I2N3O5/c31-27-15-22(16-28(32)29(27)40-19-21-7-4-8-25(14-21)35(37)38)13-23(17-33)30(36)34-24-9-11-26(12-10-24)39-18-20-5-2-1-3-6-20/h1-16H,18-19H2,(H,34,36)/b23-13+. The summed E-state index contributed by atoms with van der Waals surface area (Å²) in [6.45, 7) is 0.592. The van der Waals surface area contributed by atoms with Gasteiger partial charge in [-0.15, -0.1) is 0 Å². The van der Waals surface area contributed by atoms with Crippen LogP contribution in [0.2, 0.25) is 0 Å². The van der Waals surface area contributed by atoms with E-state index in [1.165, 1.54) is 18.2 Å². The van der Waals surface area contributed by atoms with Crippen LogP contribution in [-0.2, 0) is 18.0 Å². The van der Waals surface area contributed by atoms with Crippen molar-refractivity contribution < 1.29 is 19.2 Å². The van der Waals surface area contributed by atoms with Crippen molar-refractivity contribution in [1.29, 1.82) is 5.26 Å². The number of halogens is 2. The highest BCUT2D eigenvalue weighted by molar-refractivity contribution is 14.1. The topological polar surface area (TPSA) is 114 Å². The average Bonchev–Trinajstić information content (AvgIpc) is 2.95. The average molecular weight is 757 g/mol. The van der Waals surface area contributed by atoms with Crippen LogP contribution in [0.4, 0.5) is 11.4 Å². The molecule has 200 valence electrons. The molecule has 1 amide bonds. The number of nitriles is 1. The van der Waals surface area contributed by atoms with Gasteiger partial charge in [0.05, 0.1) is 12.1 Å². The Hall–Kier alpha value is -3.96. The first-order valence-corrected chi connectivity index (χ1v) is 14.0. The molecule has 4 aromatic carbocycles. The summed E-state index contributed by atoms with van der Waals surface area (Å²) in [5, 5.41) is 23.4. The highest BCUT2D eigenvalue weighted by Crippen LogP contribution is 2.31. The van der Waals surface area contributed by atoms with Crippen LogP contribution in [0.5, 0.6) is 11.5 Å². The van der Waals surface area contributed by atoms with Crippen LogP contribution in [0.1, 0.15) is 16.7 Å². The molecule has 0 aliphatic carbocycles. The van der Waals surface area contributed by atoms with Gasteiger partial charge in [-0.2, -0.15) is 5.26 Å². The smallest absolute Gasteiger partial charge is 0.269 e. The van der Waals surface area contributed by atoms with Gasteiger partial charge in [-0.1, -0.05) is 42.5 Å². The zero-order valence-corrected chi connectivity index (χ0v) is 25.2. The monoisotopic (exact) mass is 757 g/mol. The molecule has 4 aromatic rings. The Bertz CT molecular complexity index is 1580. The zero-order valence-electron chi connectivity index (χ0n) is 20.8. The van der Waals surface area contributed by atoms with Crippen molar-refractivity contribution >= 4 is 68.5 Å². The Balaban J connectivity index is 1.40. The number of anilines is 1. The lowest BCUT2D eigenvalue weighted by Crippen LogP contribution is -2.13. The van der Waals surface area contributed by atoms with Gasteiger partial charge in [0.2, 0.25) is 0 Å². The summed E-state index contributed by atoms with van der Waals surface area (Å²) in [5.41, 5.74) is 2.86. The molecular formula is C30H21I2N3O5. The fourth-order valence-electron chi connectivity index (χ4n) is 3.61. The summed E-state index contributed by atoms with van der Waals surface area (Å²) >= 11 is 4.23. The molecule has 0 aromatic heterocycles. The van der Waals surface area contributed by atoms with Gasteiger partial charge in [-0.05, 0) is 104 Å². The van der Waals surface area contributed by atoms with Crippen molar-refractivity contribution in [2.24, 2.45) is 0 Å². The molecule has 0 bridgehead atoms. The summed E-state index contributed by atoms with van der Waals surface area (Å²) in [7, 11) is 0. The molecule has 40 heavy (non-hydrogen) atoms. The largest absolute Gasteiger partial charge is 0.489 e. The quantitative estimate of drug-likeness (QED) is 0.0590. The Morgan fingerprint density at radius 2 is 1.55 bits per heavy atom. The second kappa shape index (κ2) is 13.9. The molecule has 1 N–H and O–H groups in total. The number of non-ortho nitro benzene ring substituents is 1. The zero-order chi connectivity index (χ0) is 28.5. The van der Waals surface area contributed by atoms with E-state index in [0.29, 0.717) is 34.9 Å². The number of nitrogens with zero attached hydrogens (tertiary/aromatic N) is 2. The van der Waals surface area contributed by atoms with E-state index in [1.54, 1.807) is 48.5 Å². The number of nitro groups is 1. The molecule has 0 radical (unpaired) electrons. The number of carbonyl (C=O) groups excluding carboxylic acids is 1. The van der Waals surface area contributed by atoms with E-state index in [-0.39, 0.29) is 17.9 Å². The molecule has 0 atom stereocenters. The maximum absolute atomic E-state index is 12.8. The molecule has 0 heterocycles. The van der Waals surface area contributed by atoms with Gasteiger partial charge in [-0.25, -0.2) is 0 Å². The lowest BCUT2D eigenvalue weighted by molar-refractivity contribution is -0.384. The van der Waals surface area contributed by atoms with Crippen LogP contribution in [0.3, 0.4) is 0 Å². The van der Waals surface area contributed by atoms with Crippen molar-refractivity contribution in [3.63, 3.8) is 0 Å². The SMILES string of the molecule is N#C/C(=C\c1cc(I)c(OCc2cccc([N+](=O)[O-])c2)c(I)c1)C(=O)Nc1ccc(OCc2ccccc2)cc1. The van der Waals surface area contributed by atoms with Crippen LogP contribution >= 0.6 is 45.2 Å². The number of carbonyl (C=O) groups is 1. The van der Waals surface area contributed by atoms with Crippen LogP contribution in [0.15, 0.2) is 96.6 Å². The lowest BCUT2D eigenvalue weighted by Gasteiger charge is -2.12. The van der Waals surface area contributed by atoms with E-state index in [0.717, 1.165) is 12.7 Å². The van der Waals surface area contributed by atoms with Crippen LogP contribution in [0.25, 0.3) is 6.08 Å². The van der Waals surface area contributed by atoms with Crippen molar-refractivity contribution in [3.8, 4) is 17.6 Å². The summed E-state index contributed by atoms with van der Waals surface area (Å²) in [5.74, 6) is 0.744. The third kappa shape index (κ3) is 8.03. The maximum Gasteiger partial charge on any atom is 0.269 e. The Morgan fingerprint density at radius 3 is 2.20 bits per heavy atom. The Kier molecular flexibility index (Phi) is 10.1.